The number of aromatic nitrogens is 3. The fourth-order valence-corrected chi connectivity index (χ4v) is 1.41. The number of ether oxygens (including phenoxy) is 1. The normalized spacial score (nSPS) is 11.1. The lowest BCUT2D eigenvalue weighted by Crippen LogP contribution is -2.17. The minimum atomic E-state index is 0.647. The van der Waals surface area contributed by atoms with Crippen molar-refractivity contribution in [2.24, 2.45) is 0 Å². The molecule has 1 aromatic heterocycles. The zero-order chi connectivity index (χ0) is 10.6. The molecule has 0 fully saturated rings. The van der Waals surface area contributed by atoms with Crippen molar-refractivity contribution in [1.29, 1.82) is 0 Å². The lowest BCUT2D eigenvalue weighted by atomic mass is 10.5. The average molecular weight is 216 g/mol. The van der Waals surface area contributed by atoms with Crippen molar-refractivity contribution < 1.29 is 4.74 Å². The standard InChI is InChI=1S/C8H16N4OS/c1-11(2)6-7-9-10-8(14)12(7)4-5-13-3/h4-6H2,1-3H3,(H,10,14). The number of hydrogen-bond acceptors (Lipinski definition) is 4. The third-order valence-electron chi connectivity index (χ3n) is 1.81. The predicted molar refractivity (Wildman–Crippen MR) is 56.7 cm³/mol. The van der Waals surface area contributed by atoms with E-state index in [-0.39, 0.29) is 0 Å². The van der Waals surface area contributed by atoms with Crippen LogP contribution in [-0.4, -0.2) is 47.5 Å². The van der Waals surface area contributed by atoms with Gasteiger partial charge in [0.25, 0.3) is 0 Å². The summed E-state index contributed by atoms with van der Waals surface area (Å²) < 4.78 is 7.62. The van der Waals surface area contributed by atoms with Gasteiger partial charge in [-0.15, -0.1) is 0 Å². The molecule has 0 aliphatic carbocycles. The SMILES string of the molecule is COCCn1c(CN(C)C)n[nH]c1=S. The Kier molecular flexibility index (Phi) is 4.24. The van der Waals surface area contributed by atoms with E-state index in [0.717, 1.165) is 18.9 Å². The zero-order valence-corrected chi connectivity index (χ0v) is 9.60. The third-order valence-corrected chi connectivity index (χ3v) is 2.13. The Hall–Kier alpha value is -0.720. The molecule has 1 heterocycles. The fourth-order valence-electron chi connectivity index (χ4n) is 1.17. The van der Waals surface area contributed by atoms with Crippen LogP contribution in [0.4, 0.5) is 0 Å². The van der Waals surface area contributed by atoms with E-state index in [0.29, 0.717) is 11.4 Å². The molecule has 5 nitrogen and oxygen atoms in total. The molecule has 0 aliphatic rings. The summed E-state index contributed by atoms with van der Waals surface area (Å²) in [4.78, 5) is 2.05. The fraction of sp³-hybridized carbons (Fsp3) is 0.750. The molecule has 6 heteroatoms. The monoisotopic (exact) mass is 216 g/mol. The van der Waals surface area contributed by atoms with Crippen LogP contribution in [-0.2, 0) is 17.8 Å². The summed E-state index contributed by atoms with van der Waals surface area (Å²) in [6.07, 6.45) is 0. The topological polar surface area (TPSA) is 46.1 Å². The van der Waals surface area contributed by atoms with E-state index in [1.54, 1.807) is 7.11 Å². The molecule has 1 rings (SSSR count). The van der Waals surface area contributed by atoms with E-state index in [1.165, 1.54) is 0 Å². The minimum Gasteiger partial charge on any atom is -0.383 e. The molecule has 0 atom stereocenters. The zero-order valence-electron chi connectivity index (χ0n) is 8.78. The predicted octanol–water partition coefficient (Wildman–Crippen LogP) is 0.649. The first-order chi connectivity index (χ1) is 6.65. The first kappa shape index (κ1) is 11.4. The van der Waals surface area contributed by atoms with Crippen molar-refractivity contribution in [3.05, 3.63) is 10.6 Å². The summed E-state index contributed by atoms with van der Waals surface area (Å²) in [6, 6.07) is 0. The second-order valence-corrected chi connectivity index (χ2v) is 3.71. The Balaban J connectivity index is 2.77. The highest BCUT2D eigenvalue weighted by Gasteiger charge is 2.06. The highest BCUT2D eigenvalue weighted by atomic mass is 32.1. The van der Waals surface area contributed by atoms with Crippen LogP contribution in [0.15, 0.2) is 0 Å². The van der Waals surface area contributed by atoms with Crippen LogP contribution in [0.1, 0.15) is 5.82 Å². The maximum atomic E-state index is 5.11. The molecule has 0 amide bonds. The average Bonchev–Trinajstić information content (AvgIpc) is 2.44. The molecule has 14 heavy (non-hydrogen) atoms. The van der Waals surface area contributed by atoms with Crippen LogP contribution in [0.2, 0.25) is 0 Å². The maximum Gasteiger partial charge on any atom is 0.195 e. The molecular formula is C8H16N4OS. The van der Waals surface area contributed by atoms with Gasteiger partial charge in [0.2, 0.25) is 0 Å². The molecule has 0 radical (unpaired) electrons. The van der Waals surface area contributed by atoms with E-state index in [9.17, 15) is 0 Å². The first-order valence-corrected chi connectivity index (χ1v) is 4.83. The highest BCUT2D eigenvalue weighted by molar-refractivity contribution is 7.71. The Morgan fingerprint density at radius 3 is 2.86 bits per heavy atom. The van der Waals surface area contributed by atoms with Crippen molar-refractivity contribution in [2.75, 3.05) is 27.8 Å². The number of H-pyrrole nitrogens is 1. The molecule has 0 saturated heterocycles. The van der Waals surface area contributed by atoms with Gasteiger partial charge in [-0.25, -0.2) is 0 Å². The van der Waals surface area contributed by atoms with Gasteiger partial charge in [-0.05, 0) is 26.3 Å². The molecular weight excluding hydrogens is 200 g/mol. The smallest absolute Gasteiger partial charge is 0.195 e. The van der Waals surface area contributed by atoms with E-state index in [4.69, 9.17) is 17.0 Å². The van der Waals surface area contributed by atoms with E-state index in [1.807, 2.05) is 23.6 Å². The van der Waals surface area contributed by atoms with Crippen LogP contribution in [0.25, 0.3) is 0 Å². The van der Waals surface area contributed by atoms with Gasteiger partial charge in [0.15, 0.2) is 4.77 Å². The Bertz CT molecular complexity index is 330. The molecule has 0 spiro atoms. The second-order valence-electron chi connectivity index (χ2n) is 3.33. The lowest BCUT2D eigenvalue weighted by molar-refractivity contribution is 0.185. The summed E-state index contributed by atoms with van der Waals surface area (Å²) >= 11 is 5.11. The molecule has 0 aromatic carbocycles. The van der Waals surface area contributed by atoms with E-state index < -0.39 is 0 Å². The molecule has 1 aromatic rings. The largest absolute Gasteiger partial charge is 0.383 e. The van der Waals surface area contributed by atoms with Gasteiger partial charge in [-0.1, -0.05) is 0 Å². The Morgan fingerprint density at radius 1 is 1.57 bits per heavy atom. The van der Waals surface area contributed by atoms with Crippen LogP contribution in [0.5, 0.6) is 0 Å². The van der Waals surface area contributed by atoms with Crippen LogP contribution >= 0.6 is 12.2 Å². The lowest BCUT2D eigenvalue weighted by Gasteiger charge is -2.10. The summed E-state index contributed by atoms with van der Waals surface area (Å²) in [7, 11) is 5.67. The second kappa shape index (κ2) is 5.23. The van der Waals surface area contributed by atoms with Gasteiger partial charge in [0, 0.05) is 7.11 Å². The number of methoxy groups -OCH3 is 1. The van der Waals surface area contributed by atoms with Gasteiger partial charge >= 0.3 is 0 Å². The van der Waals surface area contributed by atoms with Crippen molar-refractivity contribution in [3.63, 3.8) is 0 Å². The number of hydrogen-bond donors (Lipinski definition) is 1. The quantitative estimate of drug-likeness (QED) is 0.734. The van der Waals surface area contributed by atoms with Crippen molar-refractivity contribution in [2.45, 2.75) is 13.1 Å². The molecule has 1 N–H and O–H groups in total. The number of rotatable bonds is 5. The maximum absolute atomic E-state index is 5.11. The first-order valence-electron chi connectivity index (χ1n) is 4.43. The van der Waals surface area contributed by atoms with Gasteiger partial charge in [-0.3, -0.25) is 5.10 Å². The van der Waals surface area contributed by atoms with Crippen molar-refractivity contribution >= 4 is 12.2 Å². The van der Waals surface area contributed by atoms with Crippen molar-refractivity contribution in [3.8, 4) is 0 Å². The third kappa shape index (κ3) is 2.90. The summed E-state index contributed by atoms with van der Waals surface area (Å²) in [5.41, 5.74) is 0. The van der Waals surface area contributed by atoms with Gasteiger partial charge in [0.1, 0.15) is 5.82 Å². The van der Waals surface area contributed by atoms with Gasteiger partial charge in [-0.2, -0.15) is 5.10 Å². The molecule has 0 saturated carbocycles. The Labute approximate surface area is 88.7 Å². The van der Waals surface area contributed by atoms with Crippen LogP contribution < -0.4 is 0 Å². The molecule has 0 unspecified atom stereocenters. The van der Waals surface area contributed by atoms with Crippen LogP contribution in [0, 0.1) is 4.77 Å². The Morgan fingerprint density at radius 2 is 2.29 bits per heavy atom. The summed E-state index contributed by atoms with van der Waals surface area (Å²) in [5, 5.41) is 6.94. The summed E-state index contributed by atoms with van der Waals surface area (Å²) in [6.45, 7) is 2.17. The summed E-state index contributed by atoms with van der Waals surface area (Å²) in [5.74, 6) is 0.942. The number of nitrogens with zero attached hydrogens (tertiary/aromatic N) is 3. The molecule has 80 valence electrons. The van der Waals surface area contributed by atoms with Gasteiger partial charge < -0.3 is 14.2 Å². The van der Waals surface area contributed by atoms with Crippen molar-refractivity contribution in [1.82, 2.24) is 19.7 Å². The van der Waals surface area contributed by atoms with E-state index in [2.05, 4.69) is 10.2 Å². The molecule has 0 bridgehead atoms. The minimum absolute atomic E-state index is 0.647. The van der Waals surface area contributed by atoms with E-state index >= 15 is 0 Å². The number of aromatic amines is 1. The van der Waals surface area contributed by atoms with Gasteiger partial charge in [0.05, 0.1) is 19.7 Å². The molecule has 0 aliphatic heterocycles. The highest BCUT2D eigenvalue weighted by Crippen LogP contribution is 2.00. The van der Waals surface area contributed by atoms with Crippen LogP contribution in [0.3, 0.4) is 0 Å². The number of nitrogens with one attached hydrogen (secondary N) is 1.